The van der Waals surface area contributed by atoms with Crippen molar-refractivity contribution in [2.24, 2.45) is 0 Å². The van der Waals surface area contributed by atoms with Crippen molar-refractivity contribution in [2.75, 3.05) is 5.32 Å². The molecule has 0 radical (unpaired) electrons. The van der Waals surface area contributed by atoms with Gasteiger partial charge in [0.2, 0.25) is 0 Å². The van der Waals surface area contributed by atoms with Crippen molar-refractivity contribution in [1.82, 2.24) is 9.97 Å². The van der Waals surface area contributed by atoms with Gasteiger partial charge in [0, 0.05) is 17.4 Å². The Morgan fingerprint density at radius 1 is 1.11 bits per heavy atom. The normalized spacial score (nSPS) is 9.79. The number of anilines is 2. The van der Waals surface area contributed by atoms with Crippen molar-refractivity contribution in [3.63, 3.8) is 0 Å². The molecule has 0 atom stereocenters. The van der Waals surface area contributed by atoms with E-state index in [1.165, 1.54) is 18.4 Å². The van der Waals surface area contributed by atoms with E-state index in [9.17, 15) is 0 Å². The molecule has 2 aromatic rings. The Balaban J connectivity index is 0.00000180. The van der Waals surface area contributed by atoms with Crippen LogP contribution in [-0.4, -0.2) is 9.97 Å². The van der Waals surface area contributed by atoms with Crippen LogP contribution in [0.5, 0.6) is 0 Å². The quantitative estimate of drug-likeness (QED) is 0.886. The Morgan fingerprint density at radius 3 is 2.47 bits per heavy atom. The van der Waals surface area contributed by atoms with Gasteiger partial charge in [0.1, 0.15) is 12.1 Å². The number of hydrogen-bond donors (Lipinski definition) is 1. The lowest BCUT2D eigenvalue weighted by Gasteiger charge is -2.07. The van der Waals surface area contributed by atoms with Crippen LogP contribution in [0.2, 0.25) is 0 Å². The first-order chi connectivity index (χ1) is 8.78. The summed E-state index contributed by atoms with van der Waals surface area (Å²) >= 11 is 0. The third-order valence-electron chi connectivity index (χ3n) is 2.85. The zero-order chi connectivity index (χ0) is 12.8. The maximum absolute atomic E-state index is 4.18. The predicted octanol–water partition coefficient (Wildman–Crippen LogP) is 4.29. The van der Waals surface area contributed by atoms with Gasteiger partial charge in [-0.15, -0.1) is 12.4 Å². The van der Waals surface area contributed by atoms with Gasteiger partial charge in [-0.3, -0.25) is 0 Å². The van der Waals surface area contributed by atoms with Crippen LogP contribution in [0.15, 0.2) is 36.7 Å². The molecule has 0 unspecified atom stereocenters. The molecule has 1 aromatic carbocycles. The fourth-order valence-electron chi connectivity index (χ4n) is 1.81. The molecule has 0 saturated carbocycles. The Bertz CT molecular complexity index is 497. The lowest BCUT2D eigenvalue weighted by Crippen LogP contribution is -1.95. The minimum absolute atomic E-state index is 0. The fourth-order valence-corrected chi connectivity index (χ4v) is 1.81. The van der Waals surface area contributed by atoms with Gasteiger partial charge in [-0.1, -0.05) is 25.5 Å². The molecule has 0 saturated heterocycles. The maximum Gasteiger partial charge on any atom is 0.133 e. The van der Waals surface area contributed by atoms with Gasteiger partial charge in [0.05, 0.1) is 0 Å². The summed E-state index contributed by atoms with van der Waals surface area (Å²) in [6.45, 7) is 4.17. The highest BCUT2D eigenvalue weighted by Gasteiger charge is 1.97. The van der Waals surface area contributed by atoms with E-state index in [4.69, 9.17) is 0 Å². The molecule has 1 heterocycles. The van der Waals surface area contributed by atoms with E-state index in [1.54, 1.807) is 6.33 Å². The Morgan fingerprint density at radius 2 is 1.84 bits per heavy atom. The molecule has 3 nitrogen and oxygen atoms in total. The van der Waals surface area contributed by atoms with E-state index >= 15 is 0 Å². The van der Waals surface area contributed by atoms with Gasteiger partial charge < -0.3 is 5.32 Å². The Hall–Kier alpha value is -1.61. The number of aromatic nitrogens is 2. The minimum Gasteiger partial charge on any atom is -0.340 e. The summed E-state index contributed by atoms with van der Waals surface area (Å²) < 4.78 is 0. The van der Waals surface area contributed by atoms with Crippen LogP contribution in [0.4, 0.5) is 11.5 Å². The first kappa shape index (κ1) is 15.4. The topological polar surface area (TPSA) is 37.8 Å². The number of rotatable bonds is 5. The molecule has 0 aliphatic heterocycles. The van der Waals surface area contributed by atoms with Crippen LogP contribution in [-0.2, 0) is 6.42 Å². The molecule has 0 spiro atoms. The molecule has 4 heteroatoms. The molecule has 2 rings (SSSR count). The number of aryl methyl sites for hydroxylation is 2. The van der Waals surface area contributed by atoms with E-state index in [2.05, 4.69) is 46.5 Å². The summed E-state index contributed by atoms with van der Waals surface area (Å²) in [6.07, 6.45) is 5.22. The van der Waals surface area contributed by atoms with Crippen LogP contribution in [0, 0.1) is 6.92 Å². The third-order valence-corrected chi connectivity index (χ3v) is 2.85. The van der Waals surface area contributed by atoms with Crippen molar-refractivity contribution < 1.29 is 0 Å². The second kappa shape index (κ2) is 7.74. The second-order valence-corrected chi connectivity index (χ2v) is 4.47. The van der Waals surface area contributed by atoms with E-state index in [-0.39, 0.29) is 12.4 Å². The fraction of sp³-hybridized carbons (Fsp3) is 0.333. The third kappa shape index (κ3) is 4.87. The summed E-state index contributed by atoms with van der Waals surface area (Å²) in [5.74, 6) is 0.837. The zero-order valence-electron chi connectivity index (χ0n) is 11.4. The van der Waals surface area contributed by atoms with Crippen molar-refractivity contribution >= 4 is 23.9 Å². The molecule has 0 amide bonds. The van der Waals surface area contributed by atoms with Crippen LogP contribution in [0.3, 0.4) is 0 Å². The molecule has 19 heavy (non-hydrogen) atoms. The lowest BCUT2D eigenvalue weighted by atomic mass is 10.1. The minimum atomic E-state index is 0. The first-order valence-electron chi connectivity index (χ1n) is 6.42. The van der Waals surface area contributed by atoms with Gasteiger partial charge in [-0.05, 0) is 37.5 Å². The van der Waals surface area contributed by atoms with Gasteiger partial charge in [-0.25, -0.2) is 9.97 Å². The van der Waals surface area contributed by atoms with E-state index in [0.29, 0.717) is 0 Å². The Labute approximate surface area is 120 Å². The van der Waals surface area contributed by atoms with Crippen molar-refractivity contribution in [3.8, 4) is 0 Å². The number of unbranched alkanes of at least 4 members (excludes halogenated alkanes) is 1. The first-order valence-corrected chi connectivity index (χ1v) is 6.42. The maximum atomic E-state index is 4.18. The van der Waals surface area contributed by atoms with Crippen molar-refractivity contribution in [3.05, 3.63) is 47.9 Å². The van der Waals surface area contributed by atoms with Gasteiger partial charge in [-0.2, -0.15) is 0 Å². The van der Waals surface area contributed by atoms with Crippen LogP contribution in [0.1, 0.15) is 31.0 Å². The highest BCUT2D eigenvalue weighted by molar-refractivity contribution is 5.85. The second-order valence-electron chi connectivity index (χ2n) is 4.47. The highest BCUT2D eigenvalue weighted by Crippen LogP contribution is 2.16. The summed E-state index contributed by atoms with van der Waals surface area (Å²) in [7, 11) is 0. The molecule has 1 aromatic heterocycles. The number of halogens is 1. The molecule has 0 aliphatic carbocycles. The predicted molar refractivity (Wildman–Crippen MR) is 82.4 cm³/mol. The van der Waals surface area contributed by atoms with E-state index in [0.717, 1.165) is 23.6 Å². The van der Waals surface area contributed by atoms with Gasteiger partial charge in [0.25, 0.3) is 0 Å². The average molecular weight is 278 g/mol. The summed E-state index contributed by atoms with van der Waals surface area (Å²) in [5, 5.41) is 3.28. The number of nitrogens with zero attached hydrogens (tertiary/aromatic N) is 2. The molecular formula is C15H20ClN3. The molecule has 1 N–H and O–H groups in total. The zero-order valence-corrected chi connectivity index (χ0v) is 12.2. The van der Waals surface area contributed by atoms with E-state index < -0.39 is 0 Å². The summed E-state index contributed by atoms with van der Waals surface area (Å²) in [6, 6.07) is 10.5. The van der Waals surface area contributed by atoms with Crippen LogP contribution >= 0.6 is 12.4 Å². The largest absolute Gasteiger partial charge is 0.340 e. The van der Waals surface area contributed by atoms with E-state index in [1.807, 2.05) is 13.0 Å². The average Bonchev–Trinajstić information content (AvgIpc) is 2.38. The summed E-state index contributed by atoms with van der Waals surface area (Å²) in [5.41, 5.74) is 3.42. The molecular weight excluding hydrogens is 258 g/mol. The van der Waals surface area contributed by atoms with Crippen molar-refractivity contribution in [2.45, 2.75) is 33.1 Å². The number of benzene rings is 1. The lowest BCUT2D eigenvalue weighted by molar-refractivity contribution is 0.795. The highest BCUT2D eigenvalue weighted by atomic mass is 35.5. The van der Waals surface area contributed by atoms with Crippen LogP contribution < -0.4 is 5.32 Å². The SMILES string of the molecule is CCCCc1ccc(Nc2cc(C)ncn2)cc1.Cl. The van der Waals surface area contributed by atoms with Crippen molar-refractivity contribution in [1.29, 1.82) is 0 Å². The molecule has 0 fully saturated rings. The van der Waals surface area contributed by atoms with Gasteiger partial charge in [0.15, 0.2) is 0 Å². The van der Waals surface area contributed by atoms with Crippen LogP contribution in [0.25, 0.3) is 0 Å². The Kier molecular flexibility index (Phi) is 6.30. The van der Waals surface area contributed by atoms with Gasteiger partial charge >= 0.3 is 0 Å². The molecule has 0 bridgehead atoms. The molecule has 0 aliphatic rings. The number of nitrogens with one attached hydrogen (secondary N) is 1. The molecule has 102 valence electrons. The monoisotopic (exact) mass is 277 g/mol. The number of hydrogen-bond acceptors (Lipinski definition) is 3. The summed E-state index contributed by atoms with van der Waals surface area (Å²) in [4.78, 5) is 8.26. The standard InChI is InChI=1S/C15H19N3.ClH/c1-3-4-5-13-6-8-14(9-7-13)18-15-10-12(2)16-11-17-15;/h6-11H,3-5H2,1-2H3,(H,16,17,18);1H. The smallest absolute Gasteiger partial charge is 0.133 e.